The van der Waals surface area contributed by atoms with Crippen LogP contribution in [0.25, 0.3) is 5.69 Å². The lowest BCUT2D eigenvalue weighted by atomic mass is 9.87. The van der Waals surface area contributed by atoms with E-state index in [1.54, 1.807) is 11.8 Å². The molecule has 2 heterocycles. The number of para-hydroxylation sites is 1. The molecule has 3 aromatic rings. The van der Waals surface area contributed by atoms with Gasteiger partial charge in [0, 0.05) is 44.7 Å². The maximum Gasteiger partial charge on any atom is 0.276 e. The van der Waals surface area contributed by atoms with Gasteiger partial charge in [0.1, 0.15) is 5.75 Å². The fraction of sp³-hybridized carbons (Fsp3) is 0.529. The highest BCUT2D eigenvalue weighted by Gasteiger charge is 2.31. The first-order chi connectivity index (χ1) is 20.8. The minimum atomic E-state index is -0.155. The van der Waals surface area contributed by atoms with Gasteiger partial charge in [-0.3, -0.25) is 14.5 Å². The molecular weight excluding hydrogens is 540 g/mol. The topological polar surface area (TPSA) is 83.8 Å². The van der Waals surface area contributed by atoms with Crippen LogP contribution in [0.3, 0.4) is 0 Å². The molecule has 1 saturated carbocycles. The van der Waals surface area contributed by atoms with Gasteiger partial charge in [-0.1, -0.05) is 42.7 Å². The fourth-order valence-electron chi connectivity index (χ4n) is 6.55. The molecule has 1 aliphatic carbocycles. The van der Waals surface area contributed by atoms with E-state index < -0.39 is 0 Å². The predicted octanol–water partition coefficient (Wildman–Crippen LogP) is 5.56. The van der Waals surface area contributed by atoms with Gasteiger partial charge < -0.3 is 14.5 Å². The Morgan fingerprint density at radius 3 is 2.35 bits per heavy atom. The van der Waals surface area contributed by atoms with Crippen molar-refractivity contribution in [2.45, 2.75) is 78.8 Å². The second kappa shape index (κ2) is 13.7. The smallest absolute Gasteiger partial charge is 0.276 e. The van der Waals surface area contributed by atoms with E-state index in [0.29, 0.717) is 37.1 Å². The zero-order valence-corrected chi connectivity index (χ0v) is 26.4. The second-order valence-electron chi connectivity index (χ2n) is 12.3. The summed E-state index contributed by atoms with van der Waals surface area (Å²) in [5.74, 6) is 0.904. The molecule has 9 nitrogen and oxygen atoms in total. The Hall–Kier alpha value is -3.72. The third kappa shape index (κ3) is 6.77. The zero-order valence-electron chi connectivity index (χ0n) is 26.4. The molecule has 2 aromatic carbocycles. The third-order valence-corrected chi connectivity index (χ3v) is 9.09. The van der Waals surface area contributed by atoms with Crippen molar-refractivity contribution >= 4 is 17.5 Å². The molecule has 1 fully saturated rings. The van der Waals surface area contributed by atoms with Crippen molar-refractivity contribution in [3.63, 3.8) is 0 Å². The van der Waals surface area contributed by atoms with Gasteiger partial charge in [-0.15, -0.1) is 5.10 Å². The van der Waals surface area contributed by atoms with Crippen LogP contribution in [0.1, 0.15) is 79.7 Å². The van der Waals surface area contributed by atoms with E-state index in [1.807, 2.05) is 42.2 Å². The van der Waals surface area contributed by atoms with Crippen LogP contribution in [-0.2, 0) is 11.3 Å². The van der Waals surface area contributed by atoms with Crippen molar-refractivity contribution in [2.24, 2.45) is 5.92 Å². The number of nitrogens with zero attached hydrogens (tertiary/aromatic N) is 6. The summed E-state index contributed by atoms with van der Waals surface area (Å²) >= 11 is 0. The first kappa shape index (κ1) is 30.7. The Kier molecular flexibility index (Phi) is 9.80. The monoisotopic (exact) mass is 586 g/mol. The Balaban J connectivity index is 1.50. The molecule has 0 spiro atoms. The number of amides is 2. The number of aryl methyl sites for hydroxylation is 1. The second-order valence-corrected chi connectivity index (χ2v) is 12.3. The van der Waals surface area contributed by atoms with E-state index in [0.717, 1.165) is 73.4 Å². The molecule has 43 heavy (non-hydrogen) atoms. The van der Waals surface area contributed by atoms with Crippen LogP contribution < -0.4 is 9.64 Å². The van der Waals surface area contributed by atoms with Gasteiger partial charge in [0.25, 0.3) is 5.91 Å². The predicted molar refractivity (Wildman–Crippen MR) is 169 cm³/mol. The molecule has 0 unspecified atom stereocenters. The molecule has 0 atom stereocenters. The number of fused-ring (bicyclic) bond motifs is 1. The van der Waals surface area contributed by atoms with E-state index in [2.05, 4.69) is 53.0 Å². The van der Waals surface area contributed by atoms with Gasteiger partial charge in [0.2, 0.25) is 5.91 Å². The molecule has 5 rings (SSSR count). The summed E-state index contributed by atoms with van der Waals surface area (Å²) in [6, 6.07) is 14.0. The molecule has 0 N–H and O–H groups in total. The average molecular weight is 587 g/mol. The number of hydrogen-bond acceptors (Lipinski definition) is 6. The van der Waals surface area contributed by atoms with Gasteiger partial charge in [-0.2, -0.15) is 0 Å². The zero-order chi connectivity index (χ0) is 30.5. The van der Waals surface area contributed by atoms with Crippen LogP contribution in [0.2, 0.25) is 0 Å². The molecule has 1 aliphatic heterocycles. The fourth-order valence-corrected chi connectivity index (χ4v) is 6.55. The summed E-state index contributed by atoms with van der Waals surface area (Å²) in [6.07, 6.45) is 6.25. The summed E-state index contributed by atoms with van der Waals surface area (Å²) in [4.78, 5) is 34.7. The first-order valence-corrected chi connectivity index (χ1v) is 15.8. The van der Waals surface area contributed by atoms with Crippen molar-refractivity contribution in [2.75, 3.05) is 38.2 Å². The van der Waals surface area contributed by atoms with E-state index in [4.69, 9.17) is 4.74 Å². The third-order valence-electron chi connectivity index (χ3n) is 9.09. The highest BCUT2D eigenvalue weighted by atomic mass is 16.5. The van der Waals surface area contributed by atoms with Crippen LogP contribution >= 0.6 is 0 Å². The molecule has 230 valence electrons. The van der Waals surface area contributed by atoms with Gasteiger partial charge in [-0.25, -0.2) is 4.68 Å². The lowest BCUT2D eigenvalue weighted by Gasteiger charge is -2.33. The van der Waals surface area contributed by atoms with Gasteiger partial charge in [0.05, 0.1) is 24.2 Å². The molecule has 0 radical (unpaired) electrons. The summed E-state index contributed by atoms with van der Waals surface area (Å²) in [5, 5.41) is 8.72. The Labute approximate surface area is 255 Å². The van der Waals surface area contributed by atoms with Crippen LogP contribution in [-0.4, -0.2) is 75.9 Å². The number of rotatable bonds is 5. The van der Waals surface area contributed by atoms with Crippen molar-refractivity contribution in [1.82, 2.24) is 24.8 Å². The van der Waals surface area contributed by atoms with E-state index in [9.17, 15) is 9.59 Å². The van der Waals surface area contributed by atoms with Crippen LogP contribution in [0.4, 0.5) is 5.69 Å². The lowest BCUT2D eigenvalue weighted by Crippen LogP contribution is -2.42. The van der Waals surface area contributed by atoms with Crippen LogP contribution in [0.15, 0.2) is 42.5 Å². The minimum absolute atomic E-state index is 0.0703. The number of anilines is 1. The number of methoxy groups -OCH3 is 1. The van der Waals surface area contributed by atoms with Gasteiger partial charge >= 0.3 is 0 Å². The minimum Gasteiger partial charge on any atom is -0.497 e. The molecule has 0 saturated heterocycles. The number of aromatic nitrogens is 3. The van der Waals surface area contributed by atoms with E-state index in [1.165, 1.54) is 6.42 Å². The van der Waals surface area contributed by atoms with E-state index >= 15 is 0 Å². The van der Waals surface area contributed by atoms with Crippen LogP contribution in [0.5, 0.6) is 5.75 Å². The number of hydrogen-bond donors (Lipinski definition) is 0. The van der Waals surface area contributed by atoms with Crippen LogP contribution in [0, 0.1) is 19.8 Å². The van der Waals surface area contributed by atoms with Crippen molar-refractivity contribution in [1.29, 1.82) is 0 Å². The molecular formula is C34H46N6O3. The number of benzene rings is 2. The highest BCUT2D eigenvalue weighted by Crippen LogP contribution is 2.33. The molecule has 2 aliphatic rings. The van der Waals surface area contributed by atoms with Crippen molar-refractivity contribution in [3.05, 3.63) is 65.0 Å². The lowest BCUT2D eigenvalue weighted by molar-refractivity contribution is -0.123. The number of carbonyl (C=O) groups is 2. The van der Waals surface area contributed by atoms with Gasteiger partial charge in [0.15, 0.2) is 5.69 Å². The molecule has 2 amide bonds. The van der Waals surface area contributed by atoms with Gasteiger partial charge in [-0.05, 0) is 82.3 Å². The first-order valence-electron chi connectivity index (χ1n) is 15.8. The van der Waals surface area contributed by atoms with Crippen molar-refractivity contribution < 1.29 is 14.3 Å². The molecule has 0 bridgehead atoms. The molecule has 9 heteroatoms. The Bertz CT molecular complexity index is 1410. The molecule has 1 aromatic heterocycles. The van der Waals surface area contributed by atoms with Crippen molar-refractivity contribution in [3.8, 4) is 11.4 Å². The highest BCUT2D eigenvalue weighted by molar-refractivity contribution is 5.97. The Morgan fingerprint density at radius 2 is 1.65 bits per heavy atom. The summed E-state index contributed by atoms with van der Waals surface area (Å²) in [5.41, 5.74) is 4.86. The maximum absolute atomic E-state index is 14.2. The number of carbonyl (C=O) groups excluding carboxylic acids is 2. The summed E-state index contributed by atoms with van der Waals surface area (Å²) in [7, 11) is 1.63. The SMILES string of the molecule is COc1ccc(-n2nnc(C(=O)N3CCN(C(C)C)CCCN(C(=O)C4CCCCC4)c4c(C)cccc4C3)c2C)cc1. The largest absolute Gasteiger partial charge is 0.497 e. The normalized spacial score (nSPS) is 17.4. The van der Waals surface area contributed by atoms with E-state index in [-0.39, 0.29) is 17.7 Å². The maximum atomic E-state index is 14.2. The summed E-state index contributed by atoms with van der Waals surface area (Å²) < 4.78 is 6.99. The average Bonchev–Trinajstić information content (AvgIpc) is 3.39. The number of ether oxygens (including phenoxy) is 1. The Morgan fingerprint density at radius 1 is 0.907 bits per heavy atom. The standard InChI is InChI=1S/C34H46N6O3/c1-24(2)37-19-10-20-39(33(41)27-12-7-6-8-13-27)32-25(3)11-9-14-28(32)23-38(22-21-37)34(42)31-26(4)40(36-35-31)29-15-17-30(43-5)18-16-29/h9,11,14-18,24,27H,6-8,10,12-13,19-23H2,1-5H3. The quantitative estimate of drug-likeness (QED) is 0.389. The summed E-state index contributed by atoms with van der Waals surface area (Å²) in [6.45, 7) is 11.6.